The normalized spacial score (nSPS) is 21.3. The molecule has 0 bridgehead atoms. The lowest BCUT2D eigenvalue weighted by Gasteiger charge is -2.27. The van der Waals surface area contributed by atoms with Crippen molar-refractivity contribution in [2.45, 2.75) is 37.8 Å². The SMILES string of the molecule is Nc1ncnc2c1c(-c1cc3sccc3s1)cn2C1CCC(N)CC1. The summed E-state index contributed by atoms with van der Waals surface area (Å²) in [5, 5.41) is 3.11. The number of aromatic nitrogens is 3. The zero-order valence-corrected chi connectivity index (χ0v) is 15.3. The Morgan fingerprint density at radius 1 is 1.12 bits per heavy atom. The number of nitrogen functional groups attached to an aromatic ring is 1. The Labute approximate surface area is 153 Å². The molecular weight excluding hydrogens is 350 g/mol. The highest BCUT2D eigenvalue weighted by atomic mass is 32.1. The lowest BCUT2D eigenvalue weighted by molar-refractivity contribution is 0.329. The van der Waals surface area contributed by atoms with E-state index in [1.807, 2.05) is 0 Å². The molecule has 1 aliphatic carbocycles. The number of hydrogen-bond acceptors (Lipinski definition) is 6. The topological polar surface area (TPSA) is 82.8 Å². The van der Waals surface area contributed by atoms with Gasteiger partial charge in [-0.2, -0.15) is 0 Å². The van der Waals surface area contributed by atoms with Gasteiger partial charge in [0, 0.05) is 38.1 Å². The zero-order valence-electron chi connectivity index (χ0n) is 13.7. The number of anilines is 1. The summed E-state index contributed by atoms with van der Waals surface area (Å²) in [6.07, 6.45) is 8.11. The minimum absolute atomic E-state index is 0.335. The van der Waals surface area contributed by atoms with Gasteiger partial charge in [0.05, 0.1) is 5.39 Å². The van der Waals surface area contributed by atoms with Crippen molar-refractivity contribution >= 4 is 48.9 Å². The molecule has 0 unspecified atom stereocenters. The molecule has 4 N–H and O–H groups in total. The van der Waals surface area contributed by atoms with Crippen LogP contribution in [-0.4, -0.2) is 20.6 Å². The summed E-state index contributed by atoms with van der Waals surface area (Å²) in [6, 6.07) is 5.20. The molecule has 0 spiro atoms. The molecule has 0 aliphatic heterocycles. The maximum atomic E-state index is 6.25. The molecule has 0 aromatic carbocycles. The molecule has 4 heterocycles. The van der Waals surface area contributed by atoms with Crippen LogP contribution in [0.3, 0.4) is 0 Å². The Morgan fingerprint density at radius 3 is 2.76 bits per heavy atom. The van der Waals surface area contributed by atoms with E-state index in [-0.39, 0.29) is 0 Å². The van der Waals surface area contributed by atoms with Crippen LogP contribution < -0.4 is 11.5 Å². The van der Waals surface area contributed by atoms with Crippen LogP contribution >= 0.6 is 22.7 Å². The molecule has 0 radical (unpaired) electrons. The van der Waals surface area contributed by atoms with Crippen molar-refractivity contribution in [3.05, 3.63) is 30.0 Å². The monoisotopic (exact) mass is 369 g/mol. The van der Waals surface area contributed by atoms with Crippen LogP contribution in [-0.2, 0) is 0 Å². The lowest BCUT2D eigenvalue weighted by Crippen LogP contribution is -2.27. The van der Waals surface area contributed by atoms with Gasteiger partial charge in [-0.1, -0.05) is 0 Å². The van der Waals surface area contributed by atoms with E-state index < -0.39 is 0 Å². The van der Waals surface area contributed by atoms with E-state index >= 15 is 0 Å². The van der Waals surface area contributed by atoms with Crippen LogP contribution in [0.1, 0.15) is 31.7 Å². The molecule has 4 aromatic heterocycles. The quantitative estimate of drug-likeness (QED) is 0.548. The number of fused-ring (bicyclic) bond motifs is 2. The molecular formula is C18H19N5S2. The summed E-state index contributed by atoms with van der Waals surface area (Å²) < 4.78 is 4.95. The van der Waals surface area contributed by atoms with Gasteiger partial charge >= 0.3 is 0 Å². The van der Waals surface area contributed by atoms with Crippen molar-refractivity contribution in [3.8, 4) is 10.4 Å². The maximum absolute atomic E-state index is 6.25. The van der Waals surface area contributed by atoms with Crippen LogP contribution in [0.15, 0.2) is 30.0 Å². The first-order valence-electron chi connectivity index (χ1n) is 8.54. The average Bonchev–Trinajstić information content (AvgIpc) is 3.28. The summed E-state index contributed by atoms with van der Waals surface area (Å²) in [4.78, 5) is 10.1. The van der Waals surface area contributed by atoms with Gasteiger partial charge in [-0.3, -0.25) is 0 Å². The molecule has 0 saturated heterocycles. The van der Waals surface area contributed by atoms with E-state index in [2.05, 4.69) is 38.2 Å². The molecule has 5 rings (SSSR count). The van der Waals surface area contributed by atoms with Gasteiger partial charge in [0.15, 0.2) is 0 Å². The Hall–Kier alpha value is -1.96. The van der Waals surface area contributed by atoms with Gasteiger partial charge in [-0.25, -0.2) is 9.97 Å². The van der Waals surface area contributed by atoms with E-state index in [1.165, 1.54) is 14.3 Å². The fourth-order valence-corrected chi connectivity index (χ4v) is 5.98. The van der Waals surface area contributed by atoms with Crippen LogP contribution in [0, 0.1) is 0 Å². The third-order valence-electron chi connectivity index (χ3n) is 5.18. The molecule has 1 saturated carbocycles. The van der Waals surface area contributed by atoms with Crippen LogP contribution in [0.5, 0.6) is 0 Å². The summed E-state index contributed by atoms with van der Waals surface area (Å²) in [5.74, 6) is 0.558. The molecule has 1 aliphatic rings. The van der Waals surface area contributed by atoms with Crippen molar-refractivity contribution in [1.29, 1.82) is 0 Å². The van der Waals surface area contributed by atoms with Gasteiger partial charge in [0.1, 0.15) is 17.8 Å². The summed E-state index contributed by atoms with van der Waals surface area (Å²) in [6.45, 7) is 0. The van der Waals surface area contributed by atoms with Gasteiger partial charge in [-0.05, 0) is 43.2 Å². The third kappa shape index (κ3) is 2.46. The molecule has 1 fully saturated rings. The van der Waals surface area contributed by atoms with Gasteiger partial charge in [0.25, 0.3) is 0 Å². The highest BCUT2D eigenvalue weighted by Crippen LogP contribution is 2.42. The van der Waals surface area contributed by atoms with Gasteiger partial charge in [-0.15, -0.1) is 22.7 Å². The average molecular weight is 370 g/mol. The van der Waals surface area contributed by atoms with E-state index in [0.717, 1.165) is 42.3 Å². The minimum atomic E-state index is 0.335. The standard InChI is InChI=1S/C18H19N5S2/c19-10-1-3-11(4-2-10)23-8-12(16-17(20)21-9-22-18(16)23)14-7-15-13(25-14)5-6-24-15/h5-11H,1-4,19H2,(H2,20,21,22). The number of nitrogens with two attached hydrogens (primary N) is 2. The summed E-state index contributed by atoms with van der Waals surface area (Å²) >= 11 is 3.58. The van der Waals surface area contributed by atoms with Crippen molar-refractivity contribution in [2.24, 2.45) is 5.73 Å². The number of thiophene rings is 2. The molecule has 5 nitrogen and oxygen atoms in total. The van der Waals surface area contributed by atoms with Crippen LogP contribution in [0.2, 0.25) is 0 Å². The second-order valence-corrected chi connectivity index (χ2v) is 8.77. The van der Waals surface area contributed by atoms with Crippen LogP contribution in [0.25, 0.3) is 30.9 Å². The van der Waals surface area contributed by atoms with E-state index in [9.17, 15) is 0 Å². The maximum Gasteiger partial charge on any atom is 0.146 e. The van der Waals surface area contributed by atoms with Crippen molar-refractivity contribution in [2.75, 3.05) is 5.73 Å². The lowest BCUT2D eigenvalue weighted by atomic mass is 9.92. The van der Waals surface area contributed by atoms with Gasteiger partial charge in [0.2, 0.25) is 0 Å². The number of hydrogen-bond donors (Lipinski definition) is 2. The third-order valence-corrected chi connectivity index (χ3v) is 7.30. The fraction of sp³-hybridized carbons (Fsp3) is 0.333. The number of rotatable bonds is 2. The molecule has 25 heavy (non-hydrogen) atoms. The molecule has 128 valence electrons. The smallest absolute Gasteiger partial charge is 0.146 e. The molecule has 4 aromatic rings. The van der Waals surface area contributed by atoms with Crippen molar-refractivity contribution in [3.63, 3.8) is 0 Å². The van der Waals surface area contributed by atoms with E-state index in [0.29, 0.717) is 17.9 Å². The second-order valence-electron chi connectivity index (χ2n) is 6.74. The van der Waals surface area contributed by atoms with Crippen molar-refractivity contribution in [1.82, 2.24) is 14.5 Å². The molecule has 0 amide bonds. The van der Waals surface area contributed by atoms with E-state index in [1.54, 1.807) is 29.0 Å². The highest BCUT2D eigenvalue weighted by molar-refractivity contribution is 7.28. The molecule has 0 atom stereocenters. The Kier molecular flexibility index (Phi) is 3.55. The molecule has 7 heteroatoms. The first-order valence-corrected chi connectivity index (χ1v) is 10.2. The Balaban J connectivity index is 1.69. The first-order chi connectivity index (χ1) is 12.2. The Morgan fingerprint density at radius 2 is 1.96 bits per heavy atom. The zero-order chi connectivity index (χ0) is 17.0. The fourth-order valence-electron chi connectivity index (χ4n) is 3.85. The van der Waals surface area contributed by atoms with Crippen molar-refractivity contribution < 1.29 is 0 Å². The van der Waals surface area contributed by atoms with E-state index in [4.69, 9.17) is 11.5 Å². The number of nitrogens with zero attached hydrogens (tertiary/aromatic N) is 3. The summed E-state index contributed by atoms with van der Waals surface area (Å²) in [5.41, 5.74) is 14.4. The summed E-state index contributed by atoms with van der Waals surface area (Å²) in [7, 11) is 0. The van der Waals surface area contributed by atoms with Crippen LogP contribution in [0.4, 0.5) is 5.82 Å². The Bertz CT molecular complexity index is 1020. The minimum Gasteiger partial charge on any atom is -0.383 e. The predicted molar refractivity (Wildman–Crippen MR) is 106 cm³/mol. The second kappa shape index (κ2) is 5.79. The highest BCUT2D eigenvalue weighted by Gasteiger charge is 2.24. The predicted octanol–water partition coefficient (Wildman–Crippen LogP) is 4.40. The largest absolute Gasteiger partial charge is 0.383 e. The first kappa shape index (κ1) is 15.3. The van der Waals surface area contributed by atoms with Gasteiger partial charge < -0.3 is 16.0 Å².